The first-order valence-corrected chi connectivity index (χ1v) is 11.0. The molecule has 1 atom stereocenters. The molecule has 1 aromatic heterocycles. The molecule has 0 saturated carbocycles. The highest BCUT2D eigenvalue weighted by Crippen LogP contribution is 2.44. The van der Waals surface area contributed by atoms with Crippen LogP contribution in [0.1, 0.15) is 33.3 Å². The highest BCUT2D eigenvalue weighted by atomic mass is 16.5. The first-order valence-electron chi connectivity index (χ1n) is 11.0. The van der Waals surface area contributed by atoms with Crippen molar-refractivity contribution in [2.45, 2.75) is 19.9 Å². The summed E-state index contributed by atoms with van der Waals surface area (Å²) in [5.41, 5.74) is 3.24. The third-order valence-electron chi connectivity index (χ3n) is 6.45. The van der Waals surface area contributed by atoms with Crippen LogP contribution in [0.4, 0.5) is 5.69 Å². The quantitative estimate of drug-likeness (QED) is 0.372. The average molecular weight is 469 g/mol. The predicted molar refractivity (Wildman–Crippen MR) is 131 cm³/mol. The molecule has 176 valence electrons. The molecule has 1 amide bonds. The van der Waals surface area contributed by atoms with Crippen LogP contribution in [-0.2, 0) is 4.79 Å². The molecule has 0 aliphatic carbocycles. The molecule has 2 N–H and O–H groups in total. The molecule has 35 heavy (non-hydrogen) atoms. The van der Waals surface area contributed by atoms with E-state index in [1.165, 1.54) is 24.1 Å². The molecule has 4 aromatic rings. The van der Waals surface area contributed by atoms with E-state index < -0.39 is 23.5 Å². The summed E-state index contributed by atoms with van der Waals surface area (Å²) in [6.45, 7) is 3.81. The van der Waals surface area contributed by atoms with Gasteiger partial charge in [-0.2, -0.15) is 0 Å². The standard InChI is InChI=1S/C28H23NO6/c1-15-6-4-8-20(16(15)2)29-24(17-10-12-19(30)13-11-17)23(26(32)28(29)33)25(31)22-14-18-7-5-9-21(34-3)27(18)35-22/h4-14,24,30,32H,1-3H3. The van der Waals surface area contributed by atoms with Crippen LogP contribution in [-0.4, -0.2) is 29.0 Å². The van der Waals surface area contributed by atoms with E-state index in [-0.39, 0.29) is 17.1 Å². The number of phenols is 1. The molecule has 1 aliphatic heterocycles. The number of benzene rings is 3. The van der Waals surface area contributed by atoms with Crippen LogP contribution < -0.4 is 9.64 Å². The van der Waals surface area contributed by atoms with Gasteiger partial charge in [-0.1, -0.05) is 36.4 Å². The number of ether oxygens (including phenoxy) is 1. The normalized spacial score (nSPS) is 15.8. The smallest absolute Gasteiger partial charge is 0.294 e. The Hall–Kier alpha value is -4.52. The summed E-state index contributed by atoms with van der Waals surface area (Å²) < 4.78 is 11.2. The number of aliphatic hydroxyl groups is 1. The van der Waals surface area contributed by atoms with Gasteiger partial charge in [-0.05, 0) is 60.9 Å². The van der Waals surface area contributed by atoms with Gasteiger partial charge < -0.3 is 19.4 Å². The molecule has 3 aromatic carbocycles. The van der Waals surface area contributed by atoms with Crippen LogP contribution in [0, 0.1) is 13.8 Å². The van der Waals surface area contributed by atoms with Crippen LogP contribution in [0.3, 0.4) is 0 Å². The maximum absolute atomic E-state index is 13.8. The van der Waals surface area contributed by atoms with Gasteiger partial charge in [-0.25, -0.2) is 0 Å². The van der Waals surface area contributed by atoms with Gasteiger partial charge in [-0.3, -0.25) is 14.5 Å². The number of anilines is 1. The number of hydrogen-bond donors (Lipinski definition) is 2. The zero-order valence-electron chi connectivity index (χ0n) is 19.4. The second-order valence-electron chi connectivity index (χ2n) is 8.47. The Bertz CT molecular complexity index is 1510. The maximum Gasteiger partial charge on any atom is 0.294 e. The number of amides is 1. The van der Waals surface area contributed by atoms with Gasteiger partial charge in [0.1, 0.15) is 5.75 Å². The van der Waals surface area contributed by atoms with E-state index in [4.69, 9.17) is 9.15 Å². The summed E-state index contributed by atoms with van der Waals surface area (Å²) in [6, 6.07) is 17.7. The van der Waals surface area contributed by atoms with Crippen molar-refractivity contribution in [3.8, 4) is 11.5 Å². The molecule has 1 unspecified atom stereocenters. The lowest BCUT2D eigenvalue weighted by atomic mass is 9.94. The fraction of sp³-hybridized carbons (Fsp3) is 0.143. The Labute approximate surface area is 201 Å². The number of furan rings is 1. The monoisotopic (exact) mass is 469 g/mol. The molecular formula is C28H23NO6. The Morgan fingerprint density at radius 1 is 1.00 bits per heavy atom. The number of rotatable bonds is 5. The van der Waals surface area contributed by atoms with Crippen LogP contribution in [0.25, 0.3) is 11.0 Å². The van der Waals surface area contributed by atoms with E-state index in [0.717, 1.165) is 11.1 Å². The van der Waals surface area contributed by atoms with Crippen molar-refractivity contribution in [3.05, 3.63) is 101 Å². The van der Waals surface area contributed by atoms with Crippen molar-refractivity contribution >= 4 is 28.3 Å². The molecule has 7 nitrogen and oxygen atoms in total. The lowest BCUT2D eigenvalue weighted by Crippen LogP contribution is -2.31. The molecule has 0 spiro atoms. The van der Waals surface area contributed by atoms with Crippen molar-refractivity contribution < 1.29 is 29.0 Å². The molecule has 1 aliphatic rings. The number of ketones is 1. The number of carbonyl (C=O) groups excluding carboxylic acids is 2. The Morgan fingerprint density at radius 3 is 2.43 bits per heavy atom. The summed E-state index contributed by atoms with van der Waals surface area (Å²) >= 11 is 0. The van der Waals surface area contributed by atoms with Crippen molar-refractivity contribution in [3.63, 3.8) is 0 Å². The van der Waals surface area contributed by atoms with Crippen LogP contribution in [0.15, 0.2) is 82.5 Å². The van der Waals surface area contributed by atoms with Crippen molar-refractivity contribution in [2.24, 2.45) is 0 Å². The van der Waals surface area contributed by atoms with Crippen molar-refractivity contribution in [1.29, 1.82) is 0 Å². The largest absolute Gasteiger partial charge is 0.508 e. The Morgan fingerprint density at radius 2 is 1.71 bits per heavy atom. The Kier molecular flexibility index (Phi) is 5.32. The van der Waals surface area contributed by atoms with Crippen LogP contribution >= 0.6 is 0 Å². The number of fused-ring (bicyclic) bond motifs is 1. The summed E-state index contributed by atoms with van der Waals surface area (Å²) in [5.74, 6) is -1.45. The minimum absolute atomic E-state index is 0.0227. The number of carbonyl (C=O) groups is 2. The summed E-state index contributed by atoms with van der Waals surface area (Å²) in [7, 11) is 1.51. The summed E-state index contributed by atoms with van der Waals surface area (Å²) in [4.78, 5) is 28.6. The number of aliphatic hydroxyl groups excluding tert-OH is 1. The minimum Gasteiger partial charge on any atom is -0.508 e. The van der Waals surface area contributed by atoms with Gasteiger partial charge in [0.25, 0.3) is 5.91 Å². The van der Waals surface area contributed by atoms with E-state index in [2.05, 4.69) is 0 Å². The number of hydrogen-bond acceptors (Lipinski definition) is 6. The summed E-state index contributed by atoms with van der Waals surface area (Å²) in [5, 5.41) is 21.5. The molecule has 2 heterocycles. The molecular weight excluding hydrogens is 446 g/mol. The third kappa shape index (κ3) is 3.52. The second-order valence-corrected chi connectivity index (χ2v) is 8.47. The maximum atomic E-state index is 13.8. The molecule has 5 rings (SSSR count). The van der Waals surface area contributed by atoms with Gasteiger partial charge in [0.05, 0.1) is 18.7 Å². The predicted octanol–water partition coefficient (Wildman–Crippen LogP) is 5.55. The number of para-hydroxylation sites is 1. The fourth-order valence-corrected chi connectivity index (χ4v) is 4.50. The van der Waals surface area contributed by atoms with Gasteiger partial charge >= 0.3 is 0 Å². The van der Waals surface area contributed by atoms with Crippen LogP contribution in [0.5, 0.6) is 11.5 Å². The fourth-order valence-electron chi connectivity index (χ4n) is 4.50. The zero-order chi connectivity index (χ0) is 24.9. The lowest BCUT2D eigenvalue weighted by Gasteiger charge is -2.28. The summed E-state index contributed by atoms with van der Waals surface area (Å²) in [6.07, 6.45) is 0. The number of methoxy groups -OCH3 is 1. The van der Waals surface area contributed by atoms with Crippen molar-refractivity contribution in [1.82, 2.24) is 0 Å². The van der Waals surface area contributed by atoms with E-state index in [0.29, 0.717) is 28.0 Å². The lowest BCUT2D eigenvalue weighted by molar-refractivity contribution is -0.117. The first kappa shape index (κ1) is 22.3. The topological polar surface area (TPSA) is 100 Å². The second kappa shape index (κ2) is 8.36. The van der Waals surface area contributed by atoms with E-state index in [9.17, 15) is 19.8 Å². The Balaban J connectivity index is 1.69. The number of aryl methyl sites for hydroxylation is 1. The van der Waals surface area contributed by atoms with E-state index in [1.54, 1.807) is 42.5 Å². The average Bonchev–Trinajstić information content (AvgIpc) is 3.40. The molecule has 0 radical (unpaired) electrons. The highest BCUT2D eigenvalue weighted by Gasteiger charge is 2.45. The molecule has 7 heteroatoms. The number of Topliss-reactive ketones (excluding diaryl/α,β-unsaturated/α-hetero) is 1. The third-order valence-corrected chi connectivity index (χ3v) is 6.45. The van der Waals surface area contributed by atoms with Crippen molar-refractivity contribution in [2.75, 3.05) is 12.0 Å². The van der Waals surface area contributed by atoms with Gasteiger partial charge in [-0.15, -0.1) is 0 Å². The zero-order valence-corrected chi connectivity index (χ0v) is 19.4. The SMILES string of the molecule is COc1cccc2cc(C(=O)C3=C(O)C(=O)N(c4cccc(C)c4C)C3c3ccc(O)cc3)oc12. The molecule has 0 bridgehead atoms. The molecule has 0 fully saturated rings. The van der Waals surface area contributed by atoms with Gasteiger partial charge in [0.2, 0.25) is 5.78 Å². The van der Waals surface area contributed by atoms with Gasteiger partial charge in [0, 0.05) is 11.1 Å². The number of phenolic OH excluding ortho intramolecular Hbond substituents is 1. The van der Waals surface area contributed by atoms with Crippen LogP contribution in [0.2, 0.25) is 0 Å². The van der Waals surface area contributed by atoms with Gasteiger partial charge in [0.15, 0.2) is 22.9 Å². The highest BCUT2D eigenvalue weighted by molar-refractivity contribution is 6.21. The first-order chi connectivity index (χ1) is 16.8. The number of aromatic hydroxyl groups is 1. The molecule has 0 saturated heterocycles. The van der Waals surface area contributed by atoms with E-state index >= 15 is 0 Å². The van der Waals surface area contributed by atoms with E-state index in [1.807, 2.05) is 26.0 Å². The number of nitrogens with zero attached hydrogens (tertiary/aromatic N) is 1. The minimum atomic E-state index is -0.925.